The average Bonchev–Trinajstić information content (AvgIpc) is 3.46. The number of phenolic OH excluding ortho intramolecular Hbond substituents is 1. The Morgan fingerprint density at radius 1 is 1.35 bits per heavy atom. The number of oxazole rings is 1. The Balaban J connectivity index is 1.19. The summed E-state index contributed by atoms with van der Waals surface area (Å²) in [6.45, 7) is 5.59. The lowest BCUT2D eigenvalue weighted by molar-refractivity contribution is 0.102. The van der Waals surface area contributed by atoms with Crippen LogP contribution in [-0.2, 0) is 12.8 Å². The highest BCUT2D eigenvalue weighted by Crippen LogP contribution is 2.36. The molecule has 0 spiro atoms. The van der Waals surface area contributed by atoms with Crippen molar-refractivity contribution in [2.45, 2.75) is 38.6 Å². The minimum Gasteiger partial charge on any atom is -0.507 e. The topological polar surface area (TPSA) is 98.4 Å². The monoisotopic (exact) mass is 424 g/mol. The van der Waals surface area contributed by atoms with E-state index in [9.17, 15) is 5.11 Å². The lowest BCUT2D eigenvalue weighted by Gasteiger charge is -2.36. The molecule has 3 aliphatic heterocycles. The maximum Gasteiger partial charge on any atom is 0.195 e. The first kappa shape index (κ1) is 19.9. The van der Waals surface area contributed by atoms with Gasteiger partial charge in [-0.1, -0.05) is 0 Å². The van der Waals surface area contributed by atoms with Gasteiger partial charge in [0.15, 0.2) is 5.89 Å². The Kier molecular flexibility index (Phi) is 5.52. The van der Waals surface area contributed by atoms with Gasteiger partial charge in [-0.25, -0.2) is 21.1 Å². The highest BCUT2D eigenvalue weighted by atomic mass is 16.5. The number of nitrogens with one attached hydrogen (secondary N) is 2. The van der Waals surface area contributed by atoms with Crippen LogP contribution < -0.4 is 15.7 Å². The second-order valence-electron chi connectivity index (χ2n) is 8.22. The summed E-state index contributed by atoms with van der Waals surface area (Å²) in [6, 6.07) is 4.09. The number of phenols is 1. The Morgan fingerprint density at radius 2 is 2.29 bits per heavy atom. The molecule has 31 heavy (non-hydrogen) atoms. The number of hydrogen-bond donors (Lipinski definition) is 3. The number of rotatable bonds is 6. The molecule has 3 N–H and O–H groups in total. The van der Waals surface area contributed by atoms with Crippen molar-refractivity contribution in [3.8, 4) is 11.5 Å². The molecule has 1 atom stereocenters. The van der Waals surface area contributed by atoms with E-state index in [1.807, 2.05) is 30.4 Å². The summed E-state index contributed by atoms with van der Waals surface area (Å²) in [5.41, 5.74) is 9.86. The van der Waals surface area contributed by atoms with Crippen LogP contribution in [0.3, 0.4) is 0 Å². The molecule has 0 amide bonds. The van der Waals surface area contributed by atoms with E-state index in [1.165, 1.54) is 0 Å². The van der Waals surface area contributed by atoms with Crippen molar-refractivity contribution in [3.05, 3.63) is 53.4 Å². The van der Waals surface area contributed by atoms with Crippen LogP contribution >= 0.6 is 0 Å². The normalized spacial score (nSPS) is 21.2. The van der Waals surface area contributed by atoms with Crippen LogP contribution in [0, 0.1) is 0 Å². The van der Waals surface area contributed by atoms with E-state index in [2.05, 4.69) is 25.9 Å². The SMILES string of the molecule is CC1=CN(N[C@@H]2CCCN(CCc3ncco3)C2)NN=C1c1ccc2c(c1O)CCO2. The molecule has 0 radical (unpaired) electrons. The van der Waals surface area contributed by atoms with Crippen molar-refractivity contribution in [3.63, 3.8) is 0 Å². The predicted molar refractivity (Wildman–Crippen MR) is 115 cm³/mol. The van der Waals surface area contributed by atoms with Crippen molar-refractivity contribution in [2.24, 2.45) is 5.10 Å². The van der Waals surface area contributed by atoms with Crippen LogP contribution in [0.4, 0.5) is 0 Å². The van der Waals surface area contributed by atoms with Gasteiger partial charge >= 0.3 is 0 Å². The lowest BCUT2D eigenvalue weighted by atomic mass is 9.99. The van der Waals surface area contributed by atoms with Gasteiger partial charge < -0.3 is 19.2 Å². The quantitative estimate of drug-likeness (QED) is 0.647. The number of hydrazine groups is 2. The molecule has 1 saturated heterocycles. The van der Waals surface area contributed by atoms with Gasteiger partial charge in [0.1, 0.15) is 23.5 Å². The summed E-state index contributed by atoms with van der Waals surface area (Å²) in [7, 11) is 0. The molecule has 0 unspecified atom stereocenters. The molecule has 5 rings (SSSR count). The first-order chi connectivity index (χ1) is 15.2. The molecule has 4 heterocycles. The summed E-state index contributed by atoms with van der Waals surface area (Å²) in [4.78, 5) is 6.64. The number of aromatic hydroxyl groups is 1. The largest absolute Gasteiger partial charge is 0.507 e. The van der Waals surface area contributed by atoms with E-state index < -0.39 is 0 Å². The van der Waals surface area contributed by atoms with Gasteiger partial charge in [0, 0.05) is 49.3 Å². The molecule has 0 bridgehead atoms. The van der Waals surface area contributed by atoms with Crippen molar-refractivity contribution < 1.29 is 14.3 Å². The molecule has 1 aromatic heterocycles. The zero-order chi connectivity index (χ0) is 21.2. The highest BCUT2D eigenvalue weighted by molar-refractivity contribution is 6.14. The van der Waals surface area contributed by atoms with E-state index in [4.69, 9.17) is 9.15 Å². The molecule has 9 heteroatoms. The third-order valence-corrected chi connectivity index (χ3v) is 6.02. The van der Waals surface area contributed by atoms with Gasteiger partial charge in [0.2, 0.25) is 0 Å². The molecule has 2 aromatic rings. The predicted octanol–water partition coefficient (Wildman–Crippen LogP) is 1.95. The lowest BCUT2D eigenvalue weighted by Crippen LogP contribution is -2.54. The standard InChI is InChI=1S/C22H28N6O3/c1-15-13-28(25-16-3-2-9-27(14-16)10-6-20-23-8-12-31-20)26-24-21(15)18-4-5-19-17(22(18)29)7-11-30-19/h4-5,8,12-13,16,25-26,29H,2-3,6-7,9-11,14H2,1H3/t16-/m1/s1. The fraction of sp³-hybridized carbons (Fsp3) is 0.455. The Bertz CT molecular complexity index is 987. The number of hydrazone groups is 1. The van der Waals surface area contributed by atoms with E-state index in [0.29, 0.717) is 12.6 Å². The van der Waals surface area contributed by atoms with Crippen molar-refractivity contribution in [1.82, 2.24) is 26.0 Å². The second-order valence-corrected chi connectivity index (χ2v) is 8.22. The summed E-state index contributed by atoms with van der Waals surface area (Å²) in [5.74, 6) is 1.81. The third-order valence-electron chi connectivity index (χ3n) is 6.02. The number of benzene rings is 1. The number of piperidine rings is 1. The van der Waals surface area contributed by atoms with Gasteiger partial charge in [0.05, 0.1) is 12.8 Å². The first-order valence-corrected chi connectivity index (χ1v) is 10.8. The van der Waals surface area contributed by atoms with E-state index in [1.54, 1.807) is 12.5 Å². The van der Waals surface area contributed by atoms with Crippen LogP contribution in [0.5, 0.6) is 11.5 Å². The average molecular weight is 425 g/mol. The minimum atomic E-state index is 0.263. The number of hydrogen-bond acceptors (Lipinski definition) is 9. The summed E-state index contributed by atoms with van der Waals surface area (Å²) in [5, 5.41) is 17.0. The van der Waals surface area contributed by atoms with Gasteiger partial charge in [-0.2, -0.15) is 5.10 Å². The molecular formula is C22H28N6O3. The Labute approximate surface area is 181 Å². The van der Waals surface area contributed by atoms with Crippen LogP contribution in [-0.4, -0.2) is 58.1 Å². The maximum atomic E-state index is 10.7. The minimum absolute atomic E-state index is 0.263. The van der Waals surface area contributed by atoms with Crippen LogP contribution in [0.2, 0.25) is 0 Å². The Hall–Kier alpha value is -3.04. The zero-order valence-electron chi connectivity index (χ0n) is 17.7. The molecule has 164 valence electrons. The number of ether oxygens (including phenoxy) is 1. The molecular weight excluding hydrogens is 396 g/mol. The fourth-order valence-electron chi connectivity index (χ4n) is 4.45. The zero-order valence-corrected chi connectivity index (χ0v) is 17.7. The van der Waals surface area contributed by atoms with Gasteiger partial charge in [-0.05, 0) is 44.0 Å². The Morgan fingerprint density at radius 3 is 3.13 bits per heavy atom. The molecule has 0 saturated carbocycles. The molecule has 1 fully saturated rings. The summed E-state index contributed by atoms with van der Waals surface area (Å²) < 4.78 is 10.9. The highest BCUT2D eigenvalue weighted by Gasteiger charge is 2.25. The number of likely N-dealkylation sites (tertiary alicyclic amines) is 1. The molecule has 9 nitrogen and oxygen atoms in total. The van der Waals surface area contributed by atoms with E-state index >= 15 is 0 Å². The van der Waals surface area contributed by atoms with E-state index in [0.717, 1.165) is 79.4 Å². The third kappa shape index (κ3) is 4.24. The number of allylic oxidation sites excluding steroid dienone is 1. The van der Waals surface area contributed by atoms with Crippen LogP contribution in [0.25, 0.3) is 0 Å². The van der Waals surface area contributed by atoms with Gasteiger partial charge in [-0.15, -0.1) is 0 Å². The summed E-state index contributed by atoms with van der Waals surface area (Å²) in [6.07, 6.45) is 9.08. The number of fused-ring (bicyclic) bond motifs is 1. The molecule has 1 aromatic carbocycles. The fourth-order valence-corrected chi connectivity index (χ4v) is 4.45. The smallest absolute Gasteiger partial charge is 0.195 e. The molecule has 0 aliphatic carbocycles. The van der Waals surface area contributed by atoms with Crippen molar-refractivity contribution in [1.29, 1.82) is 0 Å². The summed E-state index contributed by atoms with van der Waals surface area (Å²) >= 11 is 0. The molecule has 3 aliphatic rings. The van der Waals surface area contributed by atoms with Gasteiger partial charge in [0.25, 0.3) is 0 Å². The number of nitrogens with zero attached hydrogens (tertiary/aromatic N) is 4. The van der Waals surface area contributed by atoms with Crippen LogP contribution in [0.1, 0.15) is 36.8 Å². The van der Waals surface area contributed by atoms with Crippen molar-refractivity contribution >= 4 is 5.71 Å². The van der Waals surface area contributed by atoms with Crippen molar-refractivity contribution in [2.75, 3.05) is 26.2 Å². The number of aromatic nitrogens is 1. The van der Waals surface area contributed by atoms with E-state index in [-0.39, 0.29) is 5.75 Å². The maximum absolute atomic E-state index is 10.7. The first-order valence-electron chi connectivity index (χ1n) is 10.8. The second kappa shape index (κ2) is 8.60. The van der Waals surface area contributed by atoms with Crippen LogP contribution in [0.15, 0.2) is 45.9 Å². The van der Waals surface area contributed by atoms with Gasteiger partial charge in [-0.3, -0.25) is 0 Å².